The van der Waals surface area contributed by atoms with E-state index in [-0.39, 0.29) is 6.54 Å². The number of pyridine rings is 1. The van der Waals surface area contributed by atoms with Crippen LogP contribution in [0.25, 0.3) is 0 Å². The van der Waals surface area contributed by atoms with Crippen molar-refractivity contribution >= 4 is 23.5 Å². The maximum atomic E-state index is 12.5. The monoisotopic (exact) mass is 311 g/mol. The van der Waals surface area contributed by atoms with Gasteiger partial charge in [-0.25, -0.2) is 4.79 Å². The lowest BCUT2D eigenvalue weighted by Gasteiger charge is -2.11. The van der Waals surface area contributed by atoms with Crippen LogP contribution in [0.5, 0.6) is 0 Å². The third-order valence-electron chi connectivity index (χ3n) is 2.21. The molecular weight excluding hydrogens is 303 g/mol. The molecule has 0 saturated carbocycles. The quantitative estimate of drug-likeness (QED) is 0.875. The van der Waals surface area contributed by atoms with Crippen LogP contribution in [-0.4, -0.2) is 16.5 Å². The first kappa shape index (κ1) is 16.0. The SMILES string of the molecule is NC(=O)NC(=O)CCn1cc(C(F)(F)F)cc(Cl)c1=O. The smallest absolute Gasteiger partial charge is 0.351 e. The Morgan fingerprint density at radius 1 is 1.40 bits per heavy atom. The van der Waals surface area contributed by atoms with Crippen LogP contribution in [0.1, 0.15) is 12.0 Å². The summed E-state index contributed by atoms with van der Waals surface area (Å²) in [5, 5.41) is 1.11. The average Bonchev–Trinajstić information content (AvgIpc) is 2.28. The highest BCUT2D eigenvalue weighted by molar-refractivity contribution is 6.30. The molecule has 3 amide bonds. The second-order valence-electron chi connectivity index (χ2n) is 3.74. The number of amides is 3. The fraction of sp³-hybridized carbons (Fsp3) is 0.300. The minimum absolute atomic E-state index is 0.373. The molecule has 0 aliphatic rings. The maximum absolute atomic E-state index is 12.5. The largest absolute Gasteiger partial charge is 0.417 e. The van der Waals surface area contributed by atoms with E-state index in [4.69, 9.17) is 11.6 Å². The standard InChI is InChI=1S/C10H9ClF3N3O3/c11-6-3-5(10(12,13)14)4-17(8(6)19)2-1-7(18)16-9(15)20/h3-4H,1-2H2,(H3,15,16,18,20). The zero-order valence-electron chi connectivity index (χ0n) is 9.83. The van der Waals surface area contributed by atoms with E-state index in [1.807, 2.05) is 0 Å². The maximum Gasteiger partial charge on any atom is 0.417 e. The molecule has 6 nitrogen and oxygen atoms in total. The van der Waals surface area contributed by atoms with Crippen LogP contribution in [0, 0.1) is 0 Å². The van der Waals surface area contributed by atoms with Crippen LogP contribution in [0.2, 0.25) is 5.02 Å². The molecule has 0 unspecified atom stereocenters. The molecule has 0 radical (unpaired) electrons. The highest BCUT2D eigenvalue weighted by atomic mass is 35.5. The third-order valence-corrected chi connectivity index (χ3v) is 2.48. The summed E-state index contributed by atoms with van der Waals surface area (Å²) in [6, 6.07) is -0.589. The number of rotatable bonds is 3. The number of imide groups is 1. The number of aryl methyl sites for hydroxylation is 1. The van der Waals surface area contributed by atoms with Gasteiger partial charge in [-0.05, 0) is 6.07 Å². The molecule has 1 heterocycles. The van der Waals surface area contributed by atoms with Gasteiger partial charge in [0.05, 0.1) is 5.56 Å². The van der Waals surface area contributed by atoms with E-state index in [9.17, 15) is 27.6 Å². The lowest BCUT2D eigenvalue weighted by molar-refractivity contribution is -0.138. The van der Waals surface area contributed by atoms with Crippen LogP contribution in [0.15, 0.2) is 17.1 Å². The van der Waals surface area contributed by atoms with Crippen molar-refractivity contribution in [1.29, 1.82) is 0 Å². The van der Waals surface area contributed by atoms with E-state index < -0.39 is 40.7 Å². The minimum Gasteiger partial charge on any atom is -0.351 e. The summed E-state index contributed by atoms with van der Waals surface area (Å²) in [5.74, 6) is -0.821. The summed E-state index contributed by atoms with van der Waals surface area (Å²) in [7, 11) is 0. The zero-order valence-corrected chi connectivity index (χ0v) is 10.6. The first-order valence-corrected chi connectivity index (χ1v) is 5.55. The van der Waals surface area contributed by atoms with Gasteiger partial charge in [-0.1, -0.05) is 11.6 Å². The number of alkyl halides is 3. The van der Waals surface area contributed by atoms with E-state index in [0.29, 0.717) is 16.8 Å². The summed E-state index contributed by atoms with van der Waals surface area (Å²) in [6.07, 6.45) is -4.53. The Morgan fingerprint density at radius 2 is 2.00 bits per heavy atom. The van der Waals surface area contributed by atoms with Crippen LogP contribution in [-0.2, 0) is 17.5 Å². The molecule has 0 aromatic carbocycles. The zero-order chi connectivity index (χ0) is 15.5. The summed E-state index contributed by atoms with van der Waals surface area (Å²) in [6.45, 7) is -0.373. The fourth-order valence-corrected chi connectivity index (χ4v) is 1.57. The lowest BCUT2D eigenvalue weighted by Crippen LogP contribution is -2.36. The molecule has 20 heavy (non-hydrogen) atoms. The number of hydrogen-bond donors (Lipinski definition) is 2. The molecule has 0 fully saturated rings. The summed E-state index contributed by atoms with van der Waals surface area (Å²) >= 11 is 5.42. The normalized spacial score (nSPS) is 11.2. The molecule has 0 atom stereocenters. The van der Waals surface area contributed by atoms with Crippen molar-refractivity contribution in [1.82, 2.24) is 9.88 Å². The van der Waals surface area contributed by atoms with Crippen molar-refractivity contribution in [2.75, 3.05) is 0 Å². The van der Waals surface area contributed by atoms with Gasteiger partial charge < -0.3 is 10.3 Å². The number of nitrogens with two attached hydrogens (primary N) is 1. The number of nitrogens with zero attached hydrogens (tertiary/aromatic N) is 1. The molecule has 1 aromatic heterocycles. The molecule has 110 valence electrons. The van der Waals surface area contributed by atoms with Crippen molar-refractivity contribution in [2.24, 2.45) is 5.73 Å². The number of carbonyl (C=O) groups excluding carboxylic acids is 2. The third kappa shape index (κ3) is 4.26. The van der Waals surface area contributed by atoms with Gasteiger partial charge in [0.15, 0.2) is 0 Å². The van der Waals surface area contributed by atoms with Gasteiger partial charge in [0.2, 0.25) is 5.91 Å². The average molecular weight is 312 g/mol. The van der Waals surface area contributed by atoms with Crippen molar-refractivity contribution in [3.63, 3.8) is 0 Å². The van der Waals surface area contributed by atoms with Crippen molar-refractivity contribution < 1.29 is 22.8 Å². The van der Waals surface area contributed by atoms with E-state index in [2.05, 4.69) is 5.73 Å². The number of halogens is 4. The van der Waals surface area contributed by atoms with Gasteiger partial charge >= 0.3 is 12.2 Å². The second-order valence-corrected chi connectivity index (χ2v) is 4.14. The highest BCUT2D eigenvalue weighted by Gasteiger charge is 2.32. The van der Waals surface area contributed by atoms with E-state index >= 15 is 0 Å². The molecular formula is C10H9ClF3N3O3. The number of carbonyl (C=O) groups is 2. The predicted molar refractivity (Wildman–Crippen MR) is 63.1 cm³/mol. The Morgan fingerprint density at radius 3 is 2.50 bits per heavy atom. The van der Waals surface area contributed by atoms with Gasteiger partial charge in [-0.3, -0.25) is 14.9 Å². The molecule has 0 spiro atoms. The van der Waals surface area contributed by atoms with Crippen molar-refractivity contribution in [2.45, 2.75) is 19.1 Å². The van der Waals surface area contributed by atoms with Crippen molar-refractivity contribution in [3.05, 3.63) is 33.2 Å². The Bertz CT molecular complexity index is 598. The van der Waals surface area contributed by atoms with E-state index in [0.717, 1.165) is 0 Å². The Kier molecular flexibility index (Phi) is 4.77. The van der Waals surface area contributed by atoms with Crippen LogP contribution in [0.3, 0.4) is 0 Å². The molecule has 0 bridgehead atoms. The summed E-state index contributed by atoms with van der Waals surface area (Å²) in [4.78, 5) is 33.0. The Balaban J connectivity index is 2.95. The first-order chi connectivity index (χ1) is 9.11. The van der Waals surface area contributed by atoms with E-state index in [1.54, 1.807) is 5.32 Å². The molecule has 3 N–H and O–H groups in total. The lowest BCUT2D eigenvalue weighted by atomic mass is 10.2. The van der Waals surface area contributed by atoms with Crippen LogP contribution in [0.4, 0.5) is 18.0 Å². The fourth-order valence-electron chi connectivity index (χ4n) is 1.34. The van der Waals surface area contributed by atoms with Crippen molar-refractivity contribution in [3.8, 4) is 0 Å². The summed E-state index contributed by atoms with van der Waals surface area (Å²) < 4.78 is 38.3. The van der Waals surface area contributed by atoms with Gasteiger partial charge in [0, 0.05) is 19.2 Å². The molecule has 1 rings (SSSR count). The number of urea groups is 1. The Hall–Kier alpha value is -2.03. The summed E-state index contributed by atoms with van der Waals surface area (Å²) in [5.41, 5.74) is 2.71. The molecule has 0 aliphatic carbocycles. The van der Waals surface area contributed by atoms with E-state index in [1.165, 1.54) is 0 Å². The minimum atomic E-state index is -4.67. The number of hydrogen-bond acceptors (Lipinski definition) is 3. The van der Waals surface area contributed by atoms with Crippen LogP contribution >= 0.6 is 11.6 Å². The van der Waals surface area contributed by atoms with Gasteiger partial charge in [0.25, 0.3) is 5.56 Å². The van der Waals surface area contributed by atoms with Gasteiger partial charge in [-0.15, -0.1) is 0 Å². The highest BCUT2D eigenvalue weighted by Crippen LogP contribution is 2.29. The molecule has 0 aliphatic heterocycles. The Labute approximate surface area is 115 Å². The first-order valence-electron chi connectivity index (χ1n) is 5.17. The number of primary amides is 1. The topological polar surface area (TPSA) is 94.2 Å². The van der Waals surface area contributed by atoms with Gasteiger partial charge in [0.1, 0.15) is 5.02 Å². The predicted octanol–water partition coefficient (Wildman–Crippen LogP) is 1.11. The molecule has 1 aromatic rings. The molecule has 10 heteroatoms. The van der Waals surface area contributed by atoms with Crippen LogP contribution < -0.4 is 16.6 Å². The van der Waals surface area contributed by atoms with Gasteiger partial charge in [-0.2, -0.15) is 13.2 Å². The second kappa shape index (κ2) is 5.95. The molecule has 0 saturated heterocycles. The number of aromatic nitrogens is 1. The number of nitrogens with one attached hydrogen (secondary N) is 1.